The Balaban J connectivity index is 6.00. The van der Waals surface area contributed by atoms with E-state index in [9.17, 15) is 77.3 Å². The number of carbonyl (C=O) groups is 14. The fraction of sp³-hybridized carbons (Fsp3) is 0.643. The number of aliphatic imine (C=N–C) groups is 1. The lowest BCUT2D eigenvalue weighted by Gasteiger charge is -2.25. The molecule has 0 saturated heterocycles. The summed E-state index contributed by atoms with van der Waals surface area (Å²) in [6.45, 7) is 0.552. The van der Waals surface area contributed by atoms with Crippen LogP contribution in [-0.2, 0) is 67.1 Å². The Hall–Kier alpha value is -7.92. The van der Waals surface area contributed by atoms with Gasteiger partial charge in [-0.2, -0.15) is 12.6 Å². The number of nitrogens with one attached hydrogen (secondary N) is 11. The van der Waals surface area contributed by atoms with Crippen LogP contribution in [0.25, 0.3) is 0 Å². The topological polar surface area (TPSA) is 580 Å². The third kappa shape index (κ3) is 29.7. The smallest absolute Gasteiger partial charge is 0.245 e. The molecular formula is C42H74N18O16S. The number of aliphatic hydroxyl groups is 2. The molecule has 77 heavy (non-hydrogen) atoms. The summed E-state index contributed by atoms with van der Waals surface area (Å²) in [5, 5.41) is 45.1. The maximum absolute atomic E-state index is 13.5. The van der Waals surface area contributed by atoms with E-state index in [1.54, 1.807) is 0 Å². The minimum atomic E-state index is -1.82. The number of nitrogens with zero attached hydrogens (tertiary/aromatic N) is 1. The predicted molar refractivity (Wildman–Crippen MR) is 273 cm³/mol. The zero-order valence-electron chi connectivity index (χ0n) is 42.8. The highest BCUT2D eigenvalue weighted by atomic mass is 32.1. The standard InChI is InChI=1S/C42H74N18O16S/c1-19(35(70)59-27(18-77)40(75)58-25(34(46)69)13-29(45)65)53-38(73)23(8-6-12-49-42(47)48)54-31(67)15-51-37(72)24(9-10-28(44)64)57-41(76)33(20(2)62)60-32(68)16-52-36(71)22(7-4-5-11-43)56-39(74)26(17-61)55-30(66)14-50-21(3)63/h19-20,22-27,33,61-62,77H,4-18,43H2,1-3H3,(H2,44,64)(H2,45,65)(H2,46,69)(H,50,63)(H,51,72)(H,52,71)(H,53,73)(H,54,67)(H,55,66)(H,56,74)(H,57,76)(H,58,75)(H,59,70)(H,60,68)(H4,47,48,49)/t19-,20+,22-,23-,24-,25-,26-,27-,33-/m0/s1. The van der Waals surface area contributed by atoms with Crippen LogP contribution < -0.4 is 92.9 Å². The maximum Gasteiger partial charge on any atom is 0.245 e. The van der Waals surface area contributed by atoms with E-state index < -0.39 is 183 Å². The Kier molecular flexibility index (Phi) is 33.1. The number of guanidine groups is 1. The van der Waals surface area contributed by atoms with Gasteiger partial charge >= 0.3 is 0 Å². The van der Waals surface area contributed by atoms with E-state index in [0.717, 1.165) is 13.8 Å². The van der Waals surface area contributed by atoms with Crippen LogP contribution in [0.5, 0.6) is 0 Å². The van der Waals surface area contributed by atoms with Crippen molar-refractivity contribution < 1.29 is 77.3 Å². The second-order valence-electron chi connectivity index (χ2n) is 17.0. The van der Waals surface area contributed by atoms with Gasteiger partial charge in [0.1, 0.15) is 48.3 Å². The third-order valence-electron chi connectivity index (χ3n) is 10.4. The zero-order valence-corrected chi connectivity index (χ0v) is 43.7. The van der Waals surface area contributed by atoms with Crippen molar-refractivity contribution in [2.75, 3.05) is 45.1 Å². The SMILES string of the molecule is CC(=O)NCC(=O)N[C@@H](CO)C(=O)N[C@@H](CCCCN)C(=O)NCC(=O)N[C@H](C(=O)N[C@@H](CCC(N)=O)C(=O)NCC(=O)N[C@@H](CCCN=C(N)N)C(=O)N[C@@H](C)C(=O)N[C@@H](CS)C(=O)N[C@@H](CC(N)=O)C(N)=O)[C@@H](C)O. The minimum absolute atomic E-state index is 0.0188. The molecule has 0 aliphatic carbocycles. The molecule has 35 heteroatoms. The second-order valence-corrected chi connectivity index (χ2v) is 17.4. The van der Waals surface area contributed by atoms with Crippen molar-refractivity contribution >= 4 is 101 Å². The Bertz CT molecular complexity index is 2130. The van der Waals surface area contributed by atoms with Crippen LogP contribution in [0.15, 0.2) is 4.99 Å². The molecule has 0 aliphatic heterocycles. The number of nitrogens with two attached hydrogens (primary N) is 6. The van der Waals surface area contributed by atoms with E-state index in [2.05, 4.69) is 76.1 Å². The molecule has 0 unspecified atom stereocenters. The fourth-order valence-corrected chi connectivity index (χ4v) is 6.55. The van der Waals surface area contributed by atoms with Gasteiger partial charge in [-0.05, 0) is 58.9 Å². The van der Waals surface area contributed by atoms with Gasteiger partial charge < -0.3 is 103 Å². The average Bonchev–Trinajstić information content (AvgIpc) is 3.35. The molecular weight excluding hydrogens is 1040 g/mol. The summed E-state index contributed by atoms with van der Waals surface area (Å²) in [6, 6.07) is -12.1. The number of unbranched alkanes of at least 4 members (excludes halogenated alkanes) is 1. The van der Waals surface area contributed by atoms with E-state index in [4.69, 9.17) is 34.4 Å². The van der Waals surface area contributed by atoms with Crippen molar-refractivity contribution in [3.8, 4) is 0 Å². The van der Waals surface area contributed by atoms with Gasteiger partial charge in [-0.25, -0.2) is 0 Å². The highest BCUT2D eigenvalue weighted by Crippen LogP contribution is 2.05. The molecule has 34 nitrogen and oxygen atoms in total. The van der Waals surface area contributed by atoms with Crippen LogP contribution in [0.1, 0.15) is 72.1 Å². The van der Waals surface area contributed by atoms with Crippen molar-refractivity contribution in [3.05, 3.63) is 0 Å². The highest BCUT2D eigenvalue weighted by molar-refractivity contribution is 7.80. The zero-order chi connectivity index (χ0) is 58.9. The summed E-state index contributed by atoms with van der Waals surface area (Å²) in [6.07, 6.45) is -2.64. The van der Waals surface area contributed by atoms with Crippen LogP contribution in [-0.4, -0.2) is 198 Å². The molecule has 0 aromatic carbocycles. The first-order chi connectivity index (χ1) is 36.1. The van der Waals surface area contributed by atoms with E-state index in [1.165, 1.54) is 6.92 Å². The molecule has 0 fully saturated rings. The summed E-state index contributed by atoms with van der Waals surface area (Å²) in [5.41, 5.74) is 31.9. The number of primary amides is 3. The number of amides is 14. The molecule has 434 valence electrons. The fourth-order valence-electron chi connectivity index (χ4n) is 6.29. The van der Waals surface area contributed by atoms with Crippen LogP contribution in [0.4, 0.5) is 0 Å². The van der Waals surface area contributed by atoms with Crippen LogP contribution in [0.2, 0.25) is 0 Å². The first-order valence-electron chi connectivity index (χ1n) is 23.8. The quantitative estimate of drug-likeness (QED) is 0.0118. The molecule has 0 rings (SSSR count). The van der Waals surface area contributed by atoms with Gasteiger partial charge in [0.2, 0.25) is 82.7 Å². The first kappa shape index (κ1) is 69.1. The first-order valence-corrected chi connectivity index (χ1v) is 24.4. The van der Waals surface area contributed by atoms with Crippen molar-refractivity contribution in [2.45, 2.75) is 127 Å². The molecule has 0 bridgehead atoms. The van der Waals surface area contributed by atoms with E-state index in [1.807, 2.05) is 0 Å². The second kappa shape index (κ2) is 36.9. The lowest BCUT2D eigenvalue weighted by Crippen LogP contribution is -2.59. The molecule has 14 amide bonds. The number of carbonyl (C=O) groups excluding carboxylic acids is 14. The minimum Gasteiger partial charge on any atom is -0.394 e. The van der Waals surface area contributed by atoms with Crippen molar-refractivity contribution in [2.24, 2.45) is 39.4 Å². The predicted octanol–water partition coefficient (Wildman–Crippen LogP) is -11.6. The van der Waals surface area contributed by atoms with Crippen molar-refractivity contribution in [1.29, 1.82) is 0 Å². The molecule has 0 aromatic rings. The lowest BCUT2D eigenvalue weighted by molar-refractivity contribution is -0.135. The number of rotatable bonds is 38. The molecule has 0 aliphatic rings. The van der Waals surface area contributed by atoms with Gasteiger partial charge in [0.15, 0.2) is 5.96 Å². The van der Waals surface area contributed by atoms with Crippen molar-refractivity contribution in [1.82, 2.24) is 58.5 Å². The average molecular weight is 1120 g/mol. The maximum atomic E-state index is 13.5. The summed E-state index contributed by atoms with van der Waals surface area (Å²) in [7, 11) is 0. The third-order valence-corrected chi connectivity index (χ3v) is 10.7. The van der Waals surface area contributed by atoms with Gasteiger partial charge in [0.25, 0.3) is 0 Å². The molecule has 9 atom stereocenters. The highest BCUT2D eigenvalue weighted by Gasteiger charge is 2.33. The van der Waals surface area contributed by atoms with E-state index >= 15 is 0 Å². The molecule has 0 aromatic heterocycles. The Morgan fingerprint density at radius 1 is 0.519 bits per heavy atom. The van der Waals surface area contributed by atoms with E-state index in [-0.39, 0.29) is 44.1 Å². The molecule has 0 radical (unpaired) electrons. The number of aliphatic hydroxyl groups excluding tert-OH is 2. The summed E-state index contributed by atoms with van der Waals surface area (Å²) < 4.78 is 0. The van der Waals surface area contributed by atoms with E-state index in [0.29, 0.717) is 12.8 Å². The van der Waals surface area contributed by atoms with Crippen LogP contribution in [0, 0.1) is 0 Å². The largest absolute Gasteiger partial charge is 0.394 e. The molecule has 0 saturated carbocycles. The molecule has 25 N–H and O–H groups in total. The summed E-state index contributed by atoms with van der Waals surface area (Å²) >= 11 is 4.02. The van der Waals surface area contributed by atoms with Gasteiger partial charge in [-0.1, -0.05) is 0 Å². The Labute approximate surface area is 447 Å². The van der Waals surface area contributed by atoms with Gasteiger partial charge in [0.05, 0.1) is 38.8 Å². The van der Waals surface area contributed by atoms with Gasteiger partial charge in [-0.15, -0.1) is 0 Å². The van der Waals surface area contributed by atoms with Crippen LogP contribution in [0.3, 0.4) is 0 Å². The normalized spacial score (nSPS) is 14.2. The lowest BCUT2D eigenvalue weighted by atomic mass is 10.1. The number of hydrogen-bond acceptors (Lipinski definition) is 19. The number of hydrogen-bond donors (Lipinski definition) is 20. The summed E-state index contributed by atoms with van der Waals surface area (Å²) in [4.78, 5) is 180. The van der Waals surface area contributed by atoms with Gasteiger partial charge in [-0.3, -0.25) is 72.1 Å². The molecule has 0 heterocycles. The number of thiol groups is 1. The summed E-state index contributed by atoms with van der Waals surface area (Å²) in [5.74, 6) is -14.0. The Morgan fingerprint density at radius 3 is 1.48 bits per heavy atom. The van der Waals surface area contributed by atoms with Crippen molar-refractivity contribution in [3.63, 3.8) is 0 Å². The van der Waals surface area contributed by atoms with Gasteiger partial charge in [0, 0.05) is 25.6 Å². The monoisotopic (exact) mass is 1120 g/mol. The van der Waals surface area contributed by atoms with Crippen LogP contribution >= 0.6 is 12.6 Å². The molecule has 0 spiro atoms. The Morgan fingerprint density at radius 2 is 0.987 bits per heavy atom.